The minimum absolute atomic E-state index is 0.0326. The fourth-order valence-electron chi connectivity index (χ4n) is 2.27. The Kier molecular flexibility index (Phi) is 5.75. The maximum Gasteiger partial charge on any atom is 0.206 e. The Bertz CT molecular complexity index is 938. The molecule has 2 aromatic heterocycles. The van der Waals surface area contributed by atoms with E-state index in [9.17, 15) is 10.4 Å². The summed E-state index contributed by atoms with van der Waals surface area (Å²) in [6, 6.07) is 9.55. The number of aromatic amines is 1. The fourth-order valence-corrected chi connectivity index (χ4v) is 4.26. The molecular weight excluding hydrogens is 368 g/mol. The second-order valence-corrected chi connectivity index (χ2v) is 8.10. The van der Waals surface area contributed by atoms with Gasteiger partial charge in [0.15, 0.2) is 10.2 Å². The number of thioether (sulfide) groups is 1. The summed E-state index contributed by atoms with van der Waals surface area (Å²) in [6.07, 6.45) is 1.00. The molecule has 0 saturated heterocycles. The minimum atomic E-state index is -0.357. The molecule has 0 radical (unpaired) electrons. The normalized spacial score (nSPS) is 13.3. The maximum absolute atomic E-state index is 10.6. The lowest BCUT2D eigenvalue weighted by molar-refractivity contribution is 0.402. The first-order valence-electron chi connectivity index (χ1n) is 8.14. The van der Waals surface area contributed by atoms with Gasteiger partial charge in [0, 0.05) is 6.54 Å². The van der Waals surface area contributed by atoms with Crippen LogP contribution in [-0.4, -0.2) is 37.1 Å². The minimum Gasteiger partial charge on any atom is -0.510 e. The Balaban J connectivity index is 1.80. The van der Waals surface area contributed by atoms with Crippen LogP contribution in [0.25, 0.3) is 16.6 Å². The number of para-hydroxylation sites is 2. The number of H-pyrrole nitrogens is 1. The van der Waals surface area contributed by atoms with Gasteiger partial charge in [-0.2, -0.15) is 5.26 Å². The van der Waals surface area contributed by atoms with Gasteiger partial charge in [0.05, 0.1) is 16.3 Å². The number of allylic oxidation sites excluding steroid dienone is 1. The summed E-state index contributed by atoms with van der Waals surface area (Å²) >= 11 is 2.78. The molecule has 9 heteroatoms. The largest absolute Gasteiger partial charge is 0.510 e. The quantitative estimate of drug-likeness (QED) is 0.317. The van der Waals surface area contributed by atoms with Gasteiger partial charge in [-0.1, -0.05) is 42.2 Å². The van der Waals surface area contributed by atoms with E-state index in [1.165, 1.54) is 23.1 Å². The average Bonchev–Trinajstić information content (AvgIpc) is 3.26. The van der Waals surface area contributed by atoms with E-state index in [2.05, 4.69) is 38.5 Å². The van der Waals surface area contributed by atoms with Gasteiger partial charge < -0.3 is 15.4 Å². The van der Waals surface area contributed by atoms with Crippen molar-refractivity contribution in [1.29, 1.82) is 5.26 Å². The van der Waals surface area contributed by atoms with E-state index in [-0.39, 0.29) is 16.6 Å². The van der Waals surface area contributed by atoms with Crippen molar-refractivity contribution in [2.45, 2.75) is 29.9 Å². The molecule has 0 saturated carbocycles. The molecule has 1 aromatic carbocycles. The third-order valence-electron chi connectivity index (χ3n) is 3.59. The van der Waals surface area contributed by atoms with Crippen molar-refractivity contribution in [2.24, 2.45) is 0 Å². The van der Waals surface area contributed by atoms with Gasteiger partial charge in [-0.05, 0) is 25.5 Å². The smallest absolute Gasteiger partial charge is 0.206 e. The van der Waals surface area contributed by atoms with Crippen LogP contribution in [-0.2, 0) is 0 Å². The van der Waals surface area contributed by atoms with Crippen molar-refractivity contribution in [3.8, 4) is 6.07 Å². The molecule has 0 fully saturated rings. The number of rotatable bonds is 7. The van der Waals surface area contributed by atoms with E-state index < -0.39 is 0 Å². The first-order valence-corrected chi connectivity index (χ1v) is 9.84. The molecule has 3 rings (SSSR count). The summed E-state index contributed by atoms with van der Waals surface area (Å²) in [5.74, 6) is 0.330. The SMILES string of the molecule is CCCNc1nnc(SC(C)/C(O)=C(\C#N)c2nc3ccccc3[nH]2)s1. The number of benzene rings is 1. The third kappa shape index (κ3) is 3.98. The van der Waals surface area contributed by atoms with Gasteiger partial charge in [0.1, 0.15) is 17.4 Å². The van der Waals surface area contributed by atoms with Crippen molar-refractivity contribution >= 4 is 44.8 Å². The first-order chi connectivity index (χ1) is 12.6. The Labute approximate surface area is 159 Å². The Hall–Kier alpha value is -2.57. The van der Waals surface area contributed by atoms with Crippen LogP contribution in [0.15, 0.2) is 34.4 Å². The number of hydrogen-bond donors (Lipinski definition) is 3. The van der Waals surface area contributed by atoms with Crippen molar-refractivity contribution < 1.29 is 5.11 Å². The highest BCUT2D eigenvalue weighted by Crippen LogP contribution is 2.33. The number of anilines is 1. The summed E-state index contributed by atoms with van der Waals surface area (Å²) in [5, 5.41) is 31.9. The first kappa shape index (κ1) is 18.2. The van der Waals surface area contributed by atoms with Crippen molar-refractivity contribution in [3.05, 3.63) is 35.8 Å². The molecule has 0 amide bonds. The molecule has 26 heavy (non-hydrogen) atoms. The van der Waals surface area contributed by atoms with Crippen LogP contribution < -0.4 is 5.32 Å². The van der Waals surface area contributed by atoms with Crippen LogP contribution in [0.4, 0.5) is 5.13 Å². The molecule has 0 bridgehead atoms. The molecule has 1 unspecified atom stereocenters. The summed E-state index contributed by atoms with van der Waals surface area (Å²) in [6.45, 7) is 4.74. The molecule has 3 N–H and O–H groups in total. The molecule has 7 nitrogen and oxygen atoms in total. The number of aliphatic hydroxyl groups excluding tert-OH is 1. The molecule has 2 heterocycles. The van der Waals surface area contributed by atoms with Crippen LogP contribution in [0.5, 0.6) is 0 Å². The number of aliphatic hydroxyl groups is 1. The zero-order valence-electron chi connectivity index (χ0n) is 14.4. The topological polar surface area (TPSA) is 111 Å². The summed E-state index contributed by atoms with van der Waals surface area (Å²) in [5.41, 5.74) is 1.70. The second-order valence-electron chi connectivity index (χ2n) is 5.53. The van der Waals surface area contributed by atoms with E-state index >= 15 is 0 Å². The van der Waals surface area contributed by atoms with E-state index in [4.69, 9.17) is 0 Å². The molecule has 0 aliphatic rings. The van der Waals surface area contributed by atoms with Gasteiger partial charge in [0.2, 0.25) is 5.13 Å². The number of nitrogens with zero attached hydrogens (tertiary/aromatic N) is 4. The zero-order valence-corrected chi connectivity index (χ0v) is 16.0. The highest BCUT2D eigenvalue weighted by molar-refractivity contribution is 8.01. The molecule has 1 atom stereocenters. The Morgan fingerprint density at radius 2 is 2.23 bits per heavy atom. The van der Waals surface area contributed by atoms with Crippen molar-refractivity contribution in [1.82, 2.24) is 20.2 Å². The van der Waals surface area contributed by atoms with Gasteiger partial charge in [-0.15, -0.1) is 10.2 Å². The number of aromatic nitrogens is 4. The van der Waals surface area contributed by atoms with Gasteiger partial charge in [0.25, 0.3) is 0 Å². The summed E-state index contributed by atoms with van der Waals surface area (Å²) < 4.78 is 0.726. The van der Waals surface area contributed by atoms with Crippen molar-refractivity contribution in [2.75, 3.05) is 11.9 Å². The average molecular weight is 387 g/mol. The standard InChI is InChI=1S/C17H18N6OS2/c1-3-8-19-16-22-23-17(26-16)25-10(2)14(24)11(9-18)15-20-12-6-4-5-7-13(12)21-15/h4-7,10,24H,3,8H2,1-2H3,(H,19,22)(H,20,21)/b14-11-. The number of nitriles is 1. The summed E-state index contributed by atoms with van der Waals surface area (Å²) in [7, 11) is 0. The van der Waals surface area contributed by atoms with Crippen molar-refractivity contribution in [3.63, 3.8) is 0 Å². The molecule has 134 valence electrons. The van der Waals surface area contributed by atoms with E-state index in [0.717, 1.165) is 33.5 Å². The van der Waals surface area contributed by atoms with Crippen LogP contribution in [0.1, 0.15) is 26.1 Å². The fraction of sp³-hybridized carbons (Fsp3) is 0.294. The predicted molar refractivity (Wildman–Crippen MR) is 105 cm³/mol. The van der Waals surface area contributed by atoms with E-state index in [0.29, 0.717) is 5.82 Å². The Morgan fingerprint density at radius 1 is 1.42 bits per heavy atom. The lowest BCUT2D eigenvalue weighted by atomic mass is 10.2. The zero-order chi connectivity index (χ0) is 18.5. The highest BCUT2D eigenvalue weighted by atomic mass is 32.2. The van der Waals surface area contributed by atoms with Gasteiger partial charge in [-0.25, -0.2) is 4.98 Å². The predicted octanol–water partition coefficient (Wildman–Crippen LogP) is 4.21. The molecule has 3 aromatic rings. The summed E-state index contributed by atoms with van der Waals surface area (Å²) in [4.78, 5) is 7.47. The van der Waals surface area contributed by atoms with E-state index in [1.54, 1.807) is 0 Å². The molecule has 0 aliphatic heterocycles. The van der Waals surface area contributed by atoms with Crippen LogP contribution in [0.3, 0.4) is 0 Å². The third-order valence-corrected chi connectivity index (χ3v) is 5.66. The number of fused-ring (bicyclic) bond motifs is 1. The number of nitrogens with one attached hydrogen (secondary N) is 2. The van der Waals surface area contributed by atoms with E-state index in [1.807, 2.05) is 31.2 Å². The van der Waals surface area contributed by atoms with Crippen LogP contribution in [0, 0.1) is 11.3 Å². The highest BCUT2D eigenvalue weighted by Gasteiger charge is 2.20. The number of hydrogen-bond acceptors (Lipinski definition) is 8. The lowest BCUT2D eigenvalue weighted by Gasteiger charge is -2.09. The van der Waals surface area contributed by atoms with Crippen LogP contribution in [0.2, 0.25) is 0 Å². The molecule has 0 spiro atoms. The second kappa shape index (κ2) is 8.21. The van der Waals surface area contributed by atoms with Gasteiger partial charge in [-0.3, -0.25) is 0 Å². The Morgan fingerprint density at radius 3 is 2.96 bits per heavy atom. The monoisotopic (exact) mass is 386 g/mol. The van der Waals surface area contributed by atoms with Gasteiger partial charge >= 0.3 is 0 Å². The van der Waals surface area contributed by atoms with Crippen LogP contribution >= 0.6 is 23.1 Å². The maximum atomic E-state index is 10.6. The molecule has 0 aliphatic carbocycles. The number of imidazole rings is 1. The molecular formula is C17H18N6OS2. The lowest BCUT2D eigenvalue weighted by Crippen LogP contribution is -2.04.